The monoisotopic (exact) mass is 319 g/mol. The van der Waals surface area contributed by atoms with Crippen LogP contribution in [0.4, 0.5) is 0 Å². The Hall–Kier alpha value is -2.64. The van der Waals surface area contributed by atoms with Crippen LogP contribution in [0.5, 0.6) is 0 Å². The van der Waals surface area contributed by atoms with Crippen LogP contribution in [-0.4, -0.2) is 29.9 Å². The molecule has 1 saturated heterocycles. The number of hydrogen-bond donors (Lipinski definition) is 1. The summed E-state index contributed by atoms with van der Waals surface area (Å²) in [6, 6.07) is 17.4. The number of nitriles is 1. The first-order valence-electron chi connectivity index (χ1n) is 8.33. The van der Waals surface area contributed by atoms with Gasteiger partial charge in [0.15, 0.2) is 0 Å². The average molecular weight is 319 g/mol. The van der Waals surface area contributed by atoms with Crippen LogP contribution in [0.3, 0.4) is 0 Å². The lowest BCUT2D eigenvalue weighted by molar-refractivity contribution is 0.0761. The summed E-state index contributed by atoms with van der Waals surface area (Å²) in [7, 11) is 0. The van der Waals surface area contributed by atoms with Gasteiger partial charge in [-0.1, -0.05) is 24.3 Å². The van der Waals surface area contributed by atoms with Gasteiger partial charge < -0.3 is 10.6 Å². The third-order valence-electron chi connectivity index (χ3n) is 4.52. The van der Waals surface area contributed by atoms with Gasteiger partial charge in [-0.3, -0.25) is 4.79 Å². The summed E-state index contributed by atoms with van der Waals surface area (Å²) in [5.74, 6) is 0.0708. The highest BCUT2D eigenvalue weighted by Gasteiger charge is 2.19. The van der Waals surface area contributed by atoms with Gasteiger partial charge in [-0.2, -0.15) is 5.26 Å². The average Bonchev–Trinajstić information content (AvgIpc) is 2.86. The molecule has 0 aliphatic carbocycles. The van der Waals surface area contributed by atoms with Gasteiger partial charge >= 0.3 is 0 Å². The SMILES string of the molecule is N#Cc1cccc(-c2ccc(C(=O)N3CCCC(N)CC3)cc2)c1. The highest BCUT2D eigenvalue weighted by atomic mass is 16.2. The number of carbonyl (C=O) groups is 1. The van der Waals surface area contributed by atoms with Crippen LogP contribution in [0.2, 0.25) is 0 Å². The van der Waals surface area contributed by atoms with Crippen molar-refractivity contribution in [3.05, 3.63) is 59.7 Å². The van der Waals surface area contributed by atoms with Gasteiger partial charge in [0.05, 0.1) is 11.6 Å². The van der Waals surface area contributed by atoms with Gasteiger partial charge in [-0.25, -0.2) is 0 Å². The van der Waals surface area contributed by atoms with Crippen molar-refractivity contribution in [3.8, 4) is 17.2 Å². The van der Waals surface area contributed by atoms with Crippen molar-refractivity contribution >= 4 is 5.91 Å². The van der Waals surface area contributed by atoms with Crippen molar-refractivity contribution in [1.29, 1.82) is 5.26 Å². The fraction of sp³-hybridized carbons (Fsp3) is 0.300. The van der Waals surface area contributed by atoms with E-state index in [1.807, 2.05) is 47.4 Å². The second-order valence-electron chi connectivity index (χ2n) is 6.25. The Labute approximate surface area is 142 Å². The van der Waals surface area contributed by atoms with E-state index < -0.39 is 0 Å². The van der Waals surface area contributed by atoms with Crippen molar-refractivity contribution < 1.29 is 4.79 Å². The van der Waals surface area contributed by atoms with E-state index in [1.165, 1.54) is 0 Å². The lowest BCUT2D eigenvalue weighted by atomic mass is 10.0. The molecule has 0 radical (unpaired) electrons. The second-order valence-corrected chi connectivity index (χ2v) is 6.25. The number of nitrogens with zero attached hydrogens (tertiary/aromatic N) is 2. The first kappa shape index (κ1) is 16.2. The van der Waals surface area contributed by atoms with Gasteiger partial charge in [0.1, 0.15) is 0 Å². The van der Waals surface area contributed by atoms with Gasteiger partial charge in [0.25, 0.3) is 5.91 Å². The largest absolute Gasteiger partial charge is 0.339 e. The zero-order valence-corrected chi connectivity index (χ0v) is 13.6. The maximum atomic E-state index is 12.6. The van der Waals surface area contributed by atoms with Crippen molar-refractivity contribution in [2.24, 2.45) is 5.73 Å². The van der Waals surface area contributed by atoms with Crippen LogP contribution in [-0.2, 0) is 0 Å². The number of hydrogen-bond acceptors (Lipinski definition) is 3. The van der Waals surface area contributed by atoms with Crippen LogP contribution >= 0.6 is 0 Å². The lowest BCUT2D eigenvalue weighted by Gasteiger charge is -2.20. The molecule has 1 fully saturated rings. The summed E-state index contributed by atoms with van der Waals surface area (Å²) in [6.45, 7) is 1.50. The molecule has 0 spiro atoms. The molecule has 1 unspecified atom stereocenters. The number of carbonyl (C=O) groups excluding carboxylic acids is 1. The Kier molecular flexibility index (Phi) is 4.93. The van der Waals surface area contributed by atoms with Gasteiger partial charge in [-0.05, 0) is 54.7 Å². The van der Waals surface area contributed by atoms with Crippen LogP contribution in [0.25, 0.3) is 11.1 Å². The highest BCUT2D eigenvalue weighted by molar-refractivity contribution is 5.94. The highest BCUT2D eigenvalue weighted by Crippen LogP contribution is 2.22. The molecule has 0 saturated carbocycles. The van der Waals surface area contributed by atoms with Gasteiger partial charge in [-0.15, -0.1) is 0 Å². The predicted octanol–water partition coefficient (Wildman–Crippen LogP) is 3.18. The normalized spacial score (nSPS) is 17.8. The molecule has 1 heterocycles. The summed E-state index contributed by atoms with van der Waals surface area (Å²) in [6.07, 6.45) is 2.81. The number of benzene rings is 2. The fourth-order valence-electron chi connectivity index (χ4n) is 3.08. The summed E-state index contributed by atoms with van der Waals surface area (Å²) in [5.41, 5.74) is 9.30. The molecule has 1 atom stereocenters. The van der Waals surface area contributed by atoms with E-state index in [4.69, 9.17) is 11.0 Å². The summed E-state index contributed by atoms with van der Waals surface area (Å²) in [4.78, 5) is 14.6. The molecule has 3 rings (SSSR count). The molecule has 0 bridgehead atoms. The maximum absolute atomic E-state index is 12.6. The van der Waals surface area contributed by atoms with E-state index in [-0.39, 0.29) is 11.9 Å². The molecule has 122 valence electrons. The Morgan fingerprint density at radius 2 is 1.88 bits per heavy atom. The molecular weight excluding hydrogens is 298 g/mol. The van der Waals surface area contributed by atoms with E-state index in [2.05, 4.69) is 6.07 Å². The molecule has 2 N–H and O–H groups in total. The molecule has 1 aliphatic heterocycles. The molecule has 1 amide bonds. The first-order chi connectivity index (χ1) is 11.7. The van der Waals surface area contributed by atoms with Crippen molar-refractivity contribution in [1.82, 2.24) is 4.90 Å². The molecule has 0 aromatic heterocycles. The Bertz CT molecular complexity index is 761. The molecular formula is C20H21N3O. The van der Waals surface area contributed by atoms with Crippen LogP contribution < -0.4 is 5.73 Å². The number of amides is 1. The third kappa shape index (κ3) is 3.64. The fourth-order valence-corrected chi connectivity index (χ4v) is 3.08. The quantitative estimate of drug-likeness (QED) is 0.924. The van der Waals surface area contributed by atoms with E-state index in [1.54, 1.807) is 6.07 Å². The van der Waals surface area contributed by atoms with Crippen molar-refractivity contribution in [2.45, 2.75) is 25.3 Å². The third-order valence-corrected chi connectivity index (χ3v) is 4.52. The molecule has 4 nitrogen and oxygen atoms in total. The van der Waals surface area contributed by atoms with Crippen molar-refractivity contribution in [2.75, 3.05) is 13.1 Å². The minimum absolute atomic E-state index is 0.0708. The Morgan fingerprint density at radius 1 is 1.08 bits per heavy atom. The lowest BCUT2D eigenvalue weighted by Crippen LogP contribution is -2.32. The van der Waals surface area contributed by atoms with Crippen molar-refractivity contribution in [3.63, 3.8) is 0 Å². The van der Waals surface area contributed by atoms with Crippen LogP contribution in [0.1, 0.15) is 35.2 Å². The number of nitrogens with two attached hydrogens (primary N) is 1. The molecule has 24 heavy (non-hydrogen) atoms. The molecule has 2 aromatic carbocycles. The molecule has 1 aliphatic rings. The zero-order valence-electron chi connectivity index (χ0n) is 13.6. The van der Waals surface area contributed by atoms with E-state index in [0.717, 1.165) is 43.5 Å². The maximum Gasteiger partial charge on any atom is 0.253 e. The van der Waals surface area contributed by atoms with Crippen LogP contribution in [0.15, 0.2) is 48.5 Å². The van der Waals surface area contributed by atoms with Gasteiger partial charge in [0, 0.05) is 24.7 Å². The number of likely N-dealkylation sites (tertiary alicyclic amines) is 1. The van der Waals surface area contributed by atoms with E-state index in [9.17, 15) is 4.79 Å². The minimum atomic E-state index is 0.0708. The molecule has 4 heteroatoms. The first-order valence-corrected chi connectivity index (χ1v) is 8.33. The smallest absolute Gasteiger partial charge is 0.253 e. The zero-order chi connectivity index (χ0) is 16.9. The predicted molar refractivity (Wildman–Crippen MR) is 94.3 cm³/mol. The van der Waals surface area contributed by atoms with Crippen LogP contribution in [0, 0.1) is 11.3 Å². The summed E-state index contributed by atoms with van der Waals surface area (Å²) < 4.78 is 0. The van der Waals surface area contributed by atoms with E-state index >= 15 is 0 Å². The minimum Gasteiger partial charge on any atom is -0.339 e. The topological polar surface area (TPSA) is 70.1 Å². The summed E-state index contributed by atoms with van der Waals surface area (Å²) >= 11 is 0. The van der Waals surface area contributed by atoms with E-state index in [0.29, 0.717) is 11.1 Å². The Morgan fingerprint density at radius 3 is 2.62 bits per heavy atom. The second kappa shape index (κ2) is 7.29. The molecule has 2 aromatic rings. The van der Waals surface area contributed by atoms with Gasteiger partial charge in [0.2, 0.25) is 0 Å². The number of rotatable bonds is 2. The summed E-state index contributed by atoms with van der Waals surface area (Å²) in [5, 5.41) is 9.00. The standard InChI is InChI=1S/C20H21N3O/c21-14-15-3-1-4-18(13-15)16-6-8-17(9-7-16)20(24)23-11-2-5-19(22)10-12-23/h1,3-4,6-9,13,19H,2,5,10-12,22H2. The Balaban J connectivity index is 1.76.